The zero-order valence-electron chi connectivity index (χ0n) is 15.1. The molecule has 0 radical (unpaired) electrons. The van der Waals surface area contributed by atoms with Crippen LogP contribution in [0.1, 0.15) is 45.5 Å². The molecule has 0 aliphatic heterocycles. The zero-order chi connectivity index (χ0) is 19.0. The number of amides is 1. The lowest BCUT2D eigenvalue weighted by Crippen LogP contribution is -2.32. The first-order valence-electron chi connectivity index (χ1n) is 9.11. The van der Waals surface area contributed by atoms with E-state index in [1.807, 2.05) is 30.5 Å². The van der Waals surface area contributed by atoms with E-state index in [0.29, 0.717) is 24.4 Å². The number of nitrogens with one attached hydrogen (secondary N) is 2. The number of fused-ring (bicyclic) bond motifs is 1. The first-order valence-corrected chi connectivity index (χ1v) is 9.11. The van der Waals surface area contributed by atoms with Gasteiger partial charge in [-0.05, 0) is 42.5 Å². The van der Waals surface area contributed by atoms with Gasteiger partial charge in [0, 0.05) is 42.3 Å². The molecule has 0 atom stereocenters. The van der Waals surface area contributed by atoms with E-state index < -0.39 is 11.5 Å². The average Bonchev–Trinajstić information content (AvgIpc) is 3.35. The van der Waals surface area contributed by atoms with Gasteiger partial charge in [-0.15, -0.1) is 0 Å². The van der Waals surface area contributed by atoms with Crippen molar-refractivity contribution in [2.24, 2.45) is 5.92 Å². The summed E-state index contributed by atoms with van der Waals surface area (Å²) in [5, 5.41) is 3.50. The summed E-state index contributed by atoms with van der Waals surface area (Å²) >= 11 is 0. The molecule has 1 aromatic carbocycles. The van der Waals surface area contributed by atoms with Crippen molar-refractivity contribution in [3.63, 3.8) is 0 Å². The summed E-state index contributed by atoms with van der Waals surface area (Å²) in [6.45, 7) is 0.294. The lowest BCUT2D eigenvalue weighted by molar-refractivity contribution is 0.0961. The summed E-state index contributed by atoms with van der Waals surface area (Å²) in [6, 6.07) is 9.21. The van der Waals surface area contributed by atoms with Crippen LogP contribution in [-0.2, 0) is 6.54 Å². The molecular formula is C21H21N3O3. The first-order chi connectivity index (χ1) is 13.1. The third-order valence-corrected chi connectivity index (χ3v) is 5.08. The van der Waals surface area contributed by atoms with Crippen LogP contribution in [0, 0.1) is 5.92 Å². The molecule has 2 N–H and O–H groups in total. The molecule has 1 aliphatic rings. The minimum atomic E-state index is -0.477. The van der Waals surface area contributed by atoms with Gasteiger partial charge in [-0.3, -0.25) is 14.4 Å². The Bertz CT molecular complexity index is 1090. The van der Waals surface area contributed by atoms with E-state index in [-0.39, 0.29) is 11.3 Å². The van der Waals surface area contributed by atoms with Crippen molar-refractivity contribution >= 4 is 22.6 Å². The van der Waals surface area contributed by atoms with E-state index in [9.17, 15) is 14.4 Å². The van der Waals surface area contributed by atoms with Gasteiger partial charge < -0.3 is 14.9 Å². The van der Waals surface area contributed by atoms with Gasteiger partial charge in [-0.25, -0.2) is 0 Å². The van der Waals surface area contributed by atoms with Crippen LogP contribution < -0.4 is 10.9 Å². The highest BCUT2D eigenvalue weighted by molar-refractivity contribution is 6.00. The number of aromatic nitrogens is 2. The van der Waals surface area contributed by atoms with Crippen LogP contribution in [0.2, 0.25) is 0 Å². The third-order valence-electron chi connectivity index (χ3n) is 5.08. The Hall–Kier alpha value is -3.15. The second-order valence-corrected chi connectivity index (χ2v) is 7.08. The number of rotatable bonds is 6. The molecule has 1 amide bonds. The summed E-state index contributed by atoms with van der Waals surface area (Å²) in [7, 11) is 1.48. The Balaban J connectivity index is 1.78. The molecule has 0 spiro atoms. The van der Waals surface area contributed by atoms with E-state index in [4.69, 9.17) is 0 Å². The molecule has 2 heterocycles. The van der Waals surface area contributed by atoms with E-state index >= 15 is 0 Å². The fourth-order valence-corrected chi connectivity index (χ4v) is 3.38. The smallest absolute Gasteiger partial charge is 0.263 e. The highest BCUT2D eigenvalue weighted by Gasteiger charge is 2.26. The van der Waals surface area contributed by atoms with Crippen molar-refractivity contribution in [3.05, 3.63) is 69.8 Å². The standard InChI is InChI=1S/C21H21N3O3/c1-22-20(26)17-10-15(19(25)9-13-5-6-13)12-24(21(17)27)11-14-3-2-4-18-16(14)7-8-23-18/h2-4,7-8,10,12-13,23H,5-6,9,11H2,1H3,(H,22,26). The quantitative estimate of drug-likeness (QED) is 0.661. The molecule has 3 aromatic rings. The van der Waals surface area contributed by atoms with Crippen molar-refractivity contribution in [3.8, 4) is 0 Å². The highest BCUT2D eigenvalue weighted by Crippen LogP contribution is 2.33. The number of Topliss-reactive ketones (excluding diaryl/α,β-unsaturated/α-hetero) is 1. The summed E-state index contributed by atoms with van der Waals surface area (Å²) in [6.07, 6.45) is 6.05. The molecule has 1 aliphatic carbocycles. The van der Waals surface area contributed by atoms with Crippen molar-refractivity contribution in [2.45, 2.75) is 25.8 Å². The van der Waals surface area contributed by atoms with Crippen molar-refractivity contribution in [2.75, 3.05) is 7.05 Å². The van der Waals surface area contributed by atoms with E-state index in [0.717, 1.165) is 29.3 Å². The average molecular weight is 363 g/mol. The number of ketones is 1. The van der Waals surface area contributed by atoms with Crippen LogP contribution in [0.15, 0.2) is 47.5 Å². The predicted octanol–water partition coefficient (Wildman–Crippen LogP) is 2.72. The Morgan fingerprint density at radius 2 is 2.07 bits per heavy atom. The number of hydrogen-bond acceptors (Lipinski definition) is 3. The summed E-state index contributed by atoms with van der Waals surface area (Å²) in [5.74, 6) is -0.0548. The molecule has 1 fully saturated rings. The Kier molecular flexibility index (Phi) is 4.39. The van der Waals surface area contributed by atoms with Crippen molar-refractivity contribution in [1.29, 1.82) is 0 Å². The Morgan fingerprint density at radius 3 is 2.81 bits per heavy atom. The molecule has 1 saturated carbocycles. The molecule has 0 bridgehead atoms. The minimum Gasteiger partial charge on any atom is -0.361 e. The lowest BCUT2D eigenvalue weighted by Gasteiger charge is -2.12. The molecular weight excluding hydrogens is 342 g/mol. The Labute approximate surface area is 156 Å². The van der Waals surface area contributed by atoms with Gasteiger partial charge in [0.05, 0.1) is 6.54 Å². The van der Waals surface area contributed by atoms with Gasteiger partial charge >= 0.3 is 0 Å². The second-order valence-electron chi connectivity index (χ2n) is 7.08. The largest absolute Gasteiger partial charge is 0.361 e. The number of benzene rings is 1. The van der Waals surface area contributed by atoms with Crippen molar-refractivity contribution < 1.29 is 9.59 Å². The summed E-state index contributed by atoms with van der Waals surface area (Å²) in [5.41, 5.74) is 1.95. The van der Waals surface area contributed by atoms with Gasteiger partial charge in [0.1, 0.15) is 5.56 Å². The van der Waals surface area contributed by atoms with E-state index in [2.05, 4.69) is 10.3 Å². The summed E-state index contributed by atoms with van der Waals surface area (Å²) in [4.78, 5) is 40.8. The highest BCUT2D eigenvalue weighted by atomic mass is 16.2. The predicted molar refractivity (Wildman–Crippen MR) is 103 cm³/mol. The number of H-pyrrole nitrogens is 1. The number of pyridine rings is 1. The van der Waals surface area contributed by atoms with Gasteiger partial charge in [0.2, 0.25) is 0 Å². The monoisotopic (exact) mass is 363 g/mol. The third kappa shape index (κ3) is 3.43. The first kappa shape index (κ1) is 17.3. The van der Waals surface area contributed by atoms with Gasteiger partial charge in [-0.1, -0.05) is 12.1 Å². The number of carbonyl (C=O) groups is 2. The maximum Gasteiger partial charge on any atom is 0.263 e. The second kappa shape index (κ2) is 6.87. The molecule has 27 heavy (non-hydrogen) atoms. The maximum atomic E-state index is 12.8. The number of aromatic amines is 1. The van der Waals surface area contributed by atoms with Crippen LogP contribution >= 0.6 is 0 Å². The number of nitrogens with zero attached hydrogens (tertiary/aromatic N) is 1. The molecule has 4 rings (SSSR count). The van der Waals surface area contributed by atoms with Crippen molar-refractivity contribution in [1.82, 2.24) is 14.9 Å². The molecule has 0 unspecified atom stereocenters. The van der Waals surface area contributed by atoms with E-state index in [1.165, 1.54) is 17.7 Å². The molecule has 138 valence electrons. The lowest BCUT2D eigenvalue weighted by atomic mass is 10.0. The fourth-order valence-electron chi connectivity index (χ4n) is 3.38. The summed E-state index contributed by atoms with van der Waals surface area (Å²) < 4.78 is 1.46. The molecule has 2 aromatic heterocycles. The number of hydrogen-bond donors (Lipinski definition) is 2. The SMILES string of the molecule is CNC(=O)c1cc(C(=O)CC2CC2)cn(Cc2cccc3[nH]ccc23)c1=O. The normalized spacial score (nSPS) is 13.7. The van der Waals surface area contributed by atoms with Crippen LogP contribution in [0.5, 0.6) is 0 Å². The van der Waals surface area contributed by atoms with E-state index in [1.54, 1.807) is 6.20 Å². The van der Waals surface area contributed by atoms with Gasteiger partial charge in [0.25, 0.3) is 11.5 Å². The topological polar surface area (TPSA) is 84.0 Å². The number of carbonyl (C=O) groups excluding carboxylic acids is 2. The maximum absolute atomic E-state index is 12.8. The molecule has 0 saturated heterocycles. The minimum absolute atomic E-state index is 0.000362. The van der Waals surface area contributed by atoms with Crippen LogP contribution in [-0.4, -0.2) is 28.3 Å². The van der Waals surface area contributed by atoms with Crippen LogP contribution in [0.3, 0.4) is 0 Å². The Morgan fingerprint density at radius 1 is 1.26 bits per heavy atom. The van der Waals surface area contributed by atoms with Crippen LogP contribution in [0.25, 0.3) is 10.9 Å². The molecule has 6 nitrogen and oxygen atoms in total. The van der Waals surface area contributed by atoms with Crippen LogP contribution in [0.4, 0.5) is 0 Å². The fraction of sp³-hybridized carbons (Fsp3) is 0.286. The van der Waals surface area contributed by atoms with Gasteiger partial charge in [0.15, 0.2) is 5.78 Å². The molecule has 6 heteroatoms. The van der Waals surface area contributed by atoms with Gasteiger partial charge in [-0.2, -0.15) is 0 Å². The zero-order valence-corrected chi connectivity index (χ0v) is 15.1.